The number of aromatic nitrogens is 1. The third-order valence-electron chi connectivity index (χ3n) is 6.53. The molecule has 3 rings (SSSR count). The number of carbonyl (C=O) groups excluding carboxylic acids is 2. The summed E-state index contributed by atoms with van der Waals surface area (Å²) in [6.45, 7) is 7.05. The van der Waals surface area contributed by atoms with E-state index in [1.165, 1.54) is 5.19 Å². The van der Waals surface area contributed by atoms with Crippen molar-refractivity contribution < 1.29 is 14.3 Å². The smallest absolute Gasteiger partial charge is 0.305 e. The highest BCUT2D eigenvalue weighted by Gasteiger charge is 2.28. The fourth-order valence-electron chi connectivity index (χ4n) is 4.79. The summed E-state index contributed by atoms with van der Waals surface area (Å²) in [5, 5.41) is 5.56. The molecular weight excluding hydrogens is 452 g/mol. The van der Waals surface area contributed by atoms with Gasteiger partial charge in [0.05, 0.1) is 25.9 Å². The number of unbranched alkanes of at least 4 members (excludes halogenated alkanes) is 2. The van der Waals surface area contributed by atoms with Gasteiger partial charge in [-0.2, -0.15) is 0 Å². The number of ether oxygens (including phenoxy) is 1. The first kappa shape index (κ1) is 26.6. The van der Waals surface area contributed by atoms with Crippen LogP contribution < -0.4 is 10.5 Å². The summed E-state index contributed by atoms with van der Waals surface area (Å²) >= 11 is 0. The van der Waals surface area contributed by atoms with Crippen molar-refractivity contribution in [2.24, 2.45) is 5.92 Å². The quantitative estimate of drug-likeness (QED) is 0.173. The topological polar surface area (TPSA) is 68.3 Å². The highest BCUT2D eigenvalue weighted by atomic mass is 28.3. The normalized spacial score (nSPS) is 12.3. The van der Waals surface area contributed by atoms with Crippen molar-refractivity contribution in [3.05, 3.63) is 66.9 Å². The van der Waals surface area contributed by atoms with Crippen molar-refractivity contribution in [2.75, 3.05) is 11.9 Å². The lowest BCUT2D eigenvalue weighted by Crippen LogP contribution is -2.43. The Balaban J connectivity index is 1.64. The van der Waals surface area contributed by atoms with Gasteiger partial charge in [0.1, 0.15) is 0 Å². The fourth-order valence-corrected chi connectivity index (χ4v) is 7.91. The molecular formula is C29H38N2O3Si. The van der Waals surface area contributed by atoms with E-state index in [0.29, 0.717) is 25.4 Å². The van der Waals surface area contributed by atoms with Gasteiger partial charge < -0.3 is 10.1 Å². The first-order valence-corrected chi connectivity index (χ1v) is 15.9. The Morgan fingerprint density at radius 2 is 1.74 bits per heavy atom. The molecule has 0 radical (unpaired) electrons. The predicted octanol–water partition coefficient (Wildman–Crippen LogP) is 6.31. The van der Waals surface area contributed by atoms with Crippen LogP contribution in [-0.2, 0) is 14.3 Å². The maximum absolute atomic E-state index is 13.2. The van der Waals surface area contributed by atoms with Crippen molar-refractivity contribution in [1.29, 1.82) is 0 Å². The van der Waals surface area contributed by atoms with Gasteiger partial charge in [0.15, 0.2) is 0 Å². The molecule has 1 unspecified atom stereocenters. The SMILES string of the molecule is CCOC(=O)CCCCCC(CC(=O)Nc1cccc2cccnc12)C[Si](C)(C)c1ccccc1. The van der Waals surface area contributed by atoms with E-state index >= 15 is 0 Å². The number of nitrogens with zero attached hydrogens (tertiary/aromatic N) is 1. The molecule has 1 atom stereocenters. The van der Waals surface area contributed by atoms with Crippen molar-refractivity contribution in [2.45, 2.75) is 64.6 Å². The molecule has 1 N–H and O–H groups in total. The average Bonchev–Trinajstić information content (AvgIpc) is 2.84. The third-order valence-corrected chi connectivity index (χ3v) is 10.0. The lowest BCUT2D eigenvalue weighted by Gasteiger charge is -2.28. The average molecular weight is 491 g/mol. The van der Waals surface area contributed by atoms with Gasteiger partial charge in [0, 0.05) is 24.4 Å². The van der Waals surface area contributed by atoms with Crippen LogP contribution in [0.25, 0.3) is 10.9 Å². The molecule has 6 heteroatoms. The number of nitrogens with one attached hydrogen (secondary N) is 1. The number of pyridine rings is 1. The molecule has 2 aromatic carbocycles. The van der Waals surface area contributed by atoms with Gasteiger partial charge in [-0.15, -0.1) is 0 Å². The number of anilines is 1. The minimum atomic E-state index is -1.71. The monoisotopic (exact) mass is 490 g/mol. The van der Waals surface area contributed by atoms with Gasteiger partial charge in [-0.05, 0) is 31.4 Å². The van der Waals surface area contributed by atoms with Crippen LogP contribution in [-0.4, -0.2) is 31.5 Å². The van der Waals surface area contributed by atoms with Gasteiger partial charge in [-0.3, -0.25) is 14.6 Å². The number of amides is 1. The third kappa shape index (κ3) is 8.32. The van der Waals surface area contributed by atoms with Crippen LogP contribution in [0.3, 0.4) is 0 Å². The maximum Gasteiger partial charge on any atom is 0.305 e. The summed E-state index contributed by atoms with van der Waals surface area (Å²) < 4.78 is 5.03. The van der Waals surface area contributed by atoms with Crippen LogP contribution in [0.5, 0.6) is 0 Å². The molecule has 186 valence electrons. The number of esters is 1. The summed E-state index contributed by atoms with van der Waals surface area (Å²) in [4.78, 5) is 29.2. The molecule has 0 aliphatic rings. The predicted molar refractivity (Wildman–Crippen MR) is 147 cm³/mol. The zero-order chi connectivity index (χ0) is 25.1. The minimum Gasteiger partial charge on any atom is -0.466 e. The van der Waals surface area contributed by atoms with Crippen LogP contribution in [0, 0.1) is 5.92 Å². The van der Waals surface area contributed by atoms with E-state index in [2.05, 4.69) is 53.7 Å². The van der Waals surface area contributed by atoms with Crippen LogP contribution in [0.1, 0.15) is 45.4 Å². The fraction of sp³-hybridized carbons (Fsp3) is 0.414. The van der Waals surface area contributed by atoms with Crippen molar-refractivity contribution in [1.82, 2.24) is 4.98 Å². The Labute approximate surface area is 210 Å². The molecule has 35 heavy (non-hydrogen) atoms. The van der Waals surface area contributed by atoms with Gasteiger partial charge in [0.2, 0.25) is 5.91 Å². The zero-order valence-electron chi connectivity index (χ0n) is 21.3. The van der Waals surface area contributed by atoms with Crippen molar-refractivity contribution in [3.8, 4) is 0 Å². The van der Waals surface area contributed by atoms with E-state index in [0.717, 1.165) is 48.3 Å². The molecule has 5 nitrogen and oxygen atoms in total. The summed E-state index contributed by atoms with van der Waals surface area (Å²) in [5.74, 6) is 0.213. The van der Waals surface area contributed by atoms with E-state index in [1.54, 1.807) is 6.20 Å². The minimum absolute atomic E-state index is 0.0394. The van der Waals surface area contributed by atoms with Gasteiger partial charge in [0.25, 0.3) is 0 Å². The Kier molecular flexibility index (Phi) is 10.0. The number of hydrogen-bond donors (Lipinski definition) is 1. The Bertz CT molecular complexity index is 1100. The van der Waals surface area contributed by atoms with E-state index in [-0.39, 0.29) is 11.9 Å². The molecule has 1 amide bonds. The van der Waals surface area contributed by atoms with E-state index in [4.69, 9.17) is 4.74 Å². The molecule has 0 fully saturated rings. The molecule has 0 bridgehead atoms. The summed E-state index contributed by atoms with van der Waals surface area (Å²) in [6.07, 6.45) is 6.50. The van der Waals surface area contributed by atoms with Crippen LogP contribution in [0.15, 0.2) is 66.9 Å². The summed E-state index contributed by atoms with van der Waals surface area (Å²) in [5.41, 5.74) is 1.58. The number of rotatable bonds is 13. The highest BCUT2D eigenvalue weighted by molar-refractivity contribution is 6.89. The van der Waals surface area contributed by atoms with E-state index in [9.17, 15) is 9.59 Å². The number of para-hydroxylation sites is 1. The number of benzene rings is 2. The molecule has 3 aromatic rings. The lowest BCUT2D eigenvalue weighted by molar-refractivity contribution is -0.143. The molecule has 0 aliphatic carbocycles. The summed E-state index contributed by atoms with van der Waals surface area (Å²) in [6, 6.07) is 21.6. The molecule has 0 aliphatic heterocycles. The summed E-state index contributed by atoms with van der Waals surface area (Å²) in [7, 11) is -1.71. The lowest BCUT2D eigenvalue weighted by atomic mass is 9.98. The highest BCUT2D eigenvalue weighted by Crippen LogP contribution is 2.27. The van der Waals surface area contributed by atoms with Crippen LogP contribution >= 0.6 is 0 Å². The molecule has 0 spiro atoms. The maximum atomic E-state index is 13.2. The van der Waals surface area contributed by atoms with E-state index in [1.807, 2.05) is 37.3 Å². The number of carbonyl (C=O) groups is 2. The van der Waals surface area contributed by atoms with Crippen molar-refractivity contribution in [3.63, 3.8) is 0 Å². The largest absolute Gasteiger partial charge is 0.466 e. The van der Waals surface area contributed by atoms with E-state index < -0.39 is 8.07 Å². The number of fused-ring (bicyclic) bond motifs is 1. The zero-order valence-corrected chi connectivity index (χ0v) is 22.3. The standard InChI is InChI=1S/C29H38N2O3Si/c1-4-34-28(33)19-10-5-7-13-23(22-35(2,3)25-16-8-6-9-17-25)21-27(32)31-26-18-11-14-24-15-12-20-30-29(24)26/h6,8-9,11-12,14-18,20,23H,4-5,7,10,13,19,21-22H2,1-3H3,(H,31,32). The molecule has 0 saturated carbocycles. The van der Waals surface area contributed by atoms with Crippen LogP contribution in [0.4, 0.5) is 5.69 Å². The Morgan fingerprint density at radius 3 is 2.51 bits per heavy atom. The van der Waals surface area contributed by atoms with Gasteiger partial charge >= 0.3 is 5.97 Å². The second kappa shape index (κ2) is 13.2. The molecule has 0 saturated heterocycles. The Hall–Kier alpha value is -2.99. The van der Waals surface area contributed by atoms with Crippen molar-refractivity contribution >= 4 is 41.7 Å². The first-order valence-electron chi connectivity index (χ1n) is 12.7. The first-order chi connectivity index (χ1) is 16.9. The van der Waals surface area contributed by atoms with Gasteiger partial charge in [-0.25, -0.2) is 0 Å². The molecule has 1 heterocycles. The molecule has 1 aromatic heterocycles. The Morgan fingerprint density at radius 1 is 0.971 bits per heavy atom. The second-order valence-electron chi connectivity index (χ2n) is 9.86. The number of hydrogen-bond acceptors (Lipinski definition) is 4. The van der Waals surface area contributed by atoms with Crippen LogP contribution in [0.2, 0.25) is 19.1 Å². The second-order valence-corrected chi connectivity index (χ2v) is 14.6. The van der Waals surface area contributed by atoms with Gasteiger partial charge in [-0.1, -0.05) is 92.1 Å².